The van der Waals surface area contributed by atoms with Crippen LogP contribution >= 0.6 is 0 Å². The molecular weight excluding hydrogens is 350 g/mol. The minimum absolute atomic E-state index is 0.260. The number of nitrogens with zero attached hydrogens (tertiary/aromatic N) is 3. The minimum atomic E-state index is -0.603. The van der Waals surface area contributed by atoms with Gasteiger partial charge in [0.1, 0.15) is 5.54 Å². The standard InChI is InChI=1S/C23H19N3O2/c27-21-24(17-10-3-1-4-11-17)22(28)26-23(14-8-7-9-16-15-19(16)23)18-12-5-2-6-13-20(18)25(21)26/h1-14,16,19-20H,15H2/t16-,19+,20+,23-/m1/s1. The summed E-state index contributed by atoms with van der Waals surface area (Å²) in [5.41, 5.74) is 0.525. The molecule has 4 aliphatic rings. The lowest BCUT2D eigenvalue weighted by Gasteiger charge is -2.28. The van der Waals surface area contributed by atoms with Crippen LogP contribution in [0.25, 0.3) is 5.69 Å². The molecule has 28 heavy (non-hydrogen) atoms. The first kappa shape index (κ1) is 15.7. The molecule has 1 aliphatic heterocycles. The van der Waals surface area contributed by atoms with Crippen LogP contribution in [0.3, 0.4) is 0 Å². The number of hydrogen-bond donors (Lipinski definition) is 0. The molecule has 1 saturated carbocycles. The third kappa shape index (κ3) is 1.81. The molecule has 0 amide bonds. The molecule has 1 fully saturated rings. The zero-order valence-corrected chi connectivity index (χ0v) is 15.2. The van der Waals surface area contributed by atoms with Gasteiger partial charge in [0.05, 0.1) is 11.7 Å². The van der Waals surface area contributed by atoms with E-state index in [1.807, 2.05) is 48.6 Å². The van der Waals surface area contributed by atoms with Crippen molar-refractivity contribution in [3.63, 3.8) is 0 Å². The Morgan fingerprint density at radius 3 is 2.57 bits per heavy atom. The van der Waals surface area contributed by atoms with Crippen LogP contribution in [0.5, 0.6) is 0 Å². The second-order valence-corrected chi connectivity index (χ2v) is 7.80. The molecule has 3 aliphatic carbocycles. The summed E-state index contributed by atoms with van der Waals surface area (Å²) < 4.78 is 4.67. The zero-order valence-electron chi connectivity index (χ0n) is 15.2. The van der Waals surface area contributed by atoms with Crippen molar-refractivity contribution in [3.8, 4) is 5.69 Å². The summed E-state index contributed by atoms with van der Waals surface area (Å²) in [4.78, 5) is 27.1. The predicted molar refractivity (Wildman–Crippen MR) is 108 cm³/mol. The molecule has 0 unspecified atom stereocenters. The second kappa shape index (κ2) is 5.35. The molecule has 0 N–H and O–H groups in total. The summed E-state index contributed by atoms with van der Waals surface area (Å²) in [5, 5.41) is 0. The van der Waals surface area contributed by atoms with E-state index >= 15 is 0 Å². The van der Waals surface area contributed by atoms with E-state index in [0.29, 0.717) is 11.6 Å². The van der Waals surface area contributed by atoms with Crippen LogP contribution in [-0.2, 0) is 5.54 Å². The van der Waals surface area contributed by atoms with E-state index in [1.54, 1.807) is 21.5 Å². The highest BCUT2D eigenvalue weighted by Crippen LogP contribution is 2.59. The molecule has 5 heteroatoms. The fourth-order valence-electron chi connectivity index (χ4n) is 5.14. The predicted octanol–water partition coefficient (Wildman–Crippen LogP) is 2.87. The number of benzene rings is 1. The first-order valence-electron chi connectivity index (χ1n) is 9.67. The van der Waals surface area contributed by atoms with Crippen LogP contribution in [0.15, 0.2) is 100 Å². The van der Waals surface area contributed by atoms with Crippen LogP contribution in [-0.4, -0.2) is 13.9 Å². The molecule has 4 atom stereocenters. The zero-order chi connectivity index (χ0) is 18.9. The van der Waals surface area contributed by atoms with Gasteiger partial charge in [0.25, 0.3) is 0 Å². The van der Waals surface area contributed by atoms with E-state index in [2.05, 4.69) is 24.3 Å². The Bertz CT molecular complexity index is 1250. The topological polar surface area (TPSA) is 48.9 Å². The van der Waals surface area contributed by atoms with E-state index in [9.17, 15) is 9.59 Å². The van der Waals surface area contributed by atoms with Crippen molar-refractivity contribution >= 4 is 0 Å². The van der Waals surface area contributed by atoms with Crippen LogP contribution in [0.2, 0.25) is 0 Å². The number of allylic oxidation sites excluding steroid dienone is 10. The van der Waals surface area contributed by atoms with E-state index < -0.39 is 5.54 Å². The summed E-state index contributed by atoms with van der Waals surface area (Å²) in [6.07, 6.45) is 19.5. The maximum Gasteiger partial charge on any atom is 0.353 e. The highest BCUT2D eigenvalue weighted by atomic mass is 16.2. The van der Waals surface area contributed by atoms with Crippen LogP contribution in [0.1, 0.15) is 12.5 Å². The fourth-order valence-corrected chi connectivity index (χ4v) is 5.14. The summed E-state index contributed by atoms with van der Waals surface area (Å²) in [6, 6.07) is 8.92. The SMILES string of the molecule is O=c1n(-c2ccccc2)c(=O)n2n1[C@H]1C=CC=CC=C1[C@@]21C=CC=C[C@@H]2C[C@@H]21. The van der Waals surface area contributed by atoms with Crippen LogP contribution in [0, 0.1) is 11.8 Å². The van der Waals surface area contributed by atoms with Gasteiger partial charge in [0.15, 0.2) is 0 Å². The molecule has 0 saturated heterocycles. The van der Waals surface area contributed by atoms with E-state index in [0.717, 1.165) is 12.0 Å². The molecule has 5 nitrogen and oxygen atoms in total. The lowest BCUT2D eigenvalue weighted by Crippen LogP contribution is -2.42. The monoisotopic (exact) mass is 369 g/mol. The summed E-state index contributed by atoms with van der Waals surface area (Å²) >= 11 is 0. The molecule has 0 bridgehead atoms. The summed E-state index contributed by atoms with van der Waals surface area (Å²) in [5.74, 6) is 0.718. The van der Waals surface area contributed by atoms with E-state index in [-0.39, 0.29) is 23.3 Å². The van der Waals surface area contributed by atoms with Gasteiger partial charge in [0.2, 0.25) is 0 Å². The Balaban J connectivity index is 1.71. The summed E-state index contributed by atoms with van der Waals surface area (Å²) in [6.45, 7) is 0. The van der Waals surface area contributed by atoms with Crippen molar-refractivity contribution in [2.24, 2.45) is 11.8 Å². The molecule has 0 radical (unpaired) electrons. The highest BCUT2D eigenvalue weighted by molar-refractivity contribution is 5.46. The third-order valence-electron chi connectivity index (χ3n) is 6.40. The lowest BCUT2D eigenvalue weighted by molar-refractivity contribution is 0.342. The van der Waals surface area contributed by atoms with Crippen molar-refractivity contribution in [2.75, 3.05) is 0 Å². The van der Waals surface area contributed by atoms with E-state index in [1.165, 1.54) is 4.57 Å². The van der Waals surface area contributed by atoms with Crippen molar-refractivity contribution in [3.05, 3.63) is 112 Å². The number of para-hydroxylation sites is 1. The summed E-state index contributed by atoms with van der Waals surface area (Å²) in [7, 11) is 0. The van der Waals surface area contributed by atoms with Gasteiger partial charge in [-0.1, -0.05) is 72.9 Å². The first-order valence-corrected chi connectivity index (χ1v) is 9.67. The molecule has 1 aromatic heterocycles. The van der Waals surface area contributed by atoms with Gasteiger partial charge in [-0.15, -0.1) is 0 Å². The molecule has 2 aromatic rings. The lowest BCUT2D eigenvalue weighted by atomic mass is 9.81. The van der Waals surface area contributed by atoms with Gasteiger partial charge in [-0.3, -0.25) is 0 Å². The minimum Gasteiger partial charge on any atom is -0.245 e. The maximum atomic E-state index is 13.6. The quantitative estimate of drug-likeness (QED) is 0.776. The number of fused-ring (bicyclic) bond motifs is 7. The normalized spacial score (nSPS) is 31.1. The Hall–Kier alpha value is -3.34. The van der Waals surface area contributed by atoms with Gasteiger partial charge >= 0.3 is 11.4 Å². The van der Waals surface area contributed by atoms with Crippen LogP contribution in [0.4, 0.5) is 0 Å². The number of rotatable bonds is 1. The van der Waals surface area contributed by atoms with Gasteiger partial charge in [-0.25, -0.2) is 23.5 Å². The number of aromatic nitrogens is 3. The fraction of sp³-hybridized carbons (Fsp3) is 0.217. The van der Waals surface area contributed by atoms with E-state index in [4.69, 9.17) is 0 Å². The van der Waals surface area contributed by atoms with Gasteiger partial charge < -0.3 is 0 Å². The maximum absolute atomic E-state index is 13.6. The van der Waals surface area contributed by atoms with Crippen molar-refractivity contribution < 1.29 is 0 Å². The van der Waals surface area contributed by atoms with Crippen molar-refractivity contribution in [1.82, 2.24) is 13.9 Å². The highest BCUT2D eigenvalue weighted by Gasteiger charge is 2.60. The Labute approximate surface area is 161 Å². The van der Waals surface area contributed by atoms with Crippen molar-refractivity contribution in [2.45, 2.75) is 18.0 Å². The van der Waals surface area contributed by atoms with Crippen LogP contribution < -0.4 is 11.4 Å². The Kier molecular flexibility index (Phi) is 3.00. The molecule has 138 valence electrons. The van der Waals surface area contributed by atoms with Gasteiger partial charge in [-0.2, -0.15) is 0 Å². The Morgan fingerprint density at radius 2 is 1.71 bits per heavy atom. The van der Waals surface area contributed by atoms with Gasteiger partial charge in [0, 0.05) is 0 Å². The van der Waals surface area contributed by atoms with Crippen molar-refractivity contribution in [1.29, 1.82) is 0 Å². The third-order valence-corrected chi connectivity index (χ3v) is 6.40. The largest absolute Gasteiger partial charge is 0.353 e. The second-order valence-electron chi connectivity index (χ2n) is 7.80. The molecule has 1 spiro atoms. The average molecular weight is 369 g/mol. The number of hydrogen-bond acceptors (Lipinski definition) is 2. The molecule has 6 rings (SSSR count). The average Bonchev–Trinajstić information content (AvgIpc) is 3.44. The Morgan fingerprint density at radius 1 is 0.893 bits per heavy atom. The molecule has 2 heterocycles. The van der Waals surface area contributed by atoms with Gasteiger partial charge in [-0.05, 0) is 36.0 Å². The first-order chi connectivity index (χ1) is 13.7. The molecular formula is C23H19N3O2. The molecule has 1 aromatic carbocycles. The smallest absolute Gasteiger partial charge is 0.245 e.